The van der Waals surface area contributed by atoms with Crippen molar-refractivity contribution in [3.05, 3.63) is 53.3 Å². The minimum atomic E-state index is -0.755. The normalized spacial score (nSPS) is 14.1. The van der Waals surface area contributed by atoms with E-state index in [9.17, 15) is 4.21 Å². The van der Waals surface area contributed by atoms with Gasteiger partial charge in [-0.25, -0.2) is 0 Å². The van der Waals surface area contributed by atoms with Crippen LogP contribution in [0.15, 0.2) is 36.4 Å². The van der Waals surface area contributed by atoms with Crippen LogP contribution in [-0.2, 0) is 17.3 Å². The molecule has 0 bridgehead atoms. The highest BCUT2D eigenvalue weighted by Crippen LogP contribution is 2.20. The fourth-order valence-electron chi connectivity index (χ4n) is 2.68. The number of aryl methyl sites for hydroxylation is 1. The van der Waals surface area contributed by atoms with Gasteiger partial charge in [-0.1, -0.05) is 18.2 Å². The van der Waals surface area contributed by atoms with E-state index in [1.807, 2.05) is 6.07 Å². The van der Waals surface area contributed by atoms with E-state index in [1.165, 1.54) is 22.6 Å². The Bertz CT molecular complexity index is 619. The number of hydrogen-bond acceptors (Lipinski definition) is 2. The van der Waals surface area contributed by atoms with E-state index in [1.54, 1.807) is 6.26 Å². The number of benzene rings is 1. The summed E-state index contributed by atoms with van der Waals surface area (Å²) in [5.74, 6) is 0.692. The van der Waals surface area contributed by atoms with Crippen molar-refractivity contribution in [2.45, 2.75) is 33.4 Å². The van der Waals surface area contributed by atoms with E-state index < -0.39 is 10.8 Å². The van der Waals surface area contributed by atoms with Gasteiger partial charge in [-0.3, -0.25) is 4.21 Å². The molecule has 2 aromatic rings. The lowest BCUT2D eigenvalue weighted by Gasteiger charge is -2.13. The Kier molecular flexibility index (Phi) is 5.37. The number of aromatic nitrogens is 1. The molecule has 0 saturated heterocycles. The van der Waals surface area contributed by atoms with Crippen LogP contribution in [0.5, 0.6) is 0 Å². The maximum absolute atomic E-state index is 11.2. The van der Waals surface area contributed by atoms with Crippen LogP contribution in [-0.4, -0.2) is 26.8 Å². The molecule has 0 aliphatic rings. The van der Waals surface area contributed by atoms with Gasteiger partial charge in [0.05, 0.1) is 0 Å². The molecule has 0 amide bonds. The molecule has 2 rings (SSSR count). The standard InChI is InChI=1S/C17H24N2OS/c1-13(12-21(4)20)18-11-16-10-14(2)19(15(16)3)17-8-6-5-7-9-17/h5-10,13,18H,11-12H2,1-4H3. The predicted octanol–water partition coefficient (Wildman–Crippen LogP) is 2.95. The first-order valence-corrected chi connectivity index (χ1v) is 8.98. The fourth-order valence-corrected chi connectivity index (χ4v) is 3.50. The Morgan fingerprint density at radius 1 is 1.24 bits per heavy atom. The molecule has 0 saturated carbocycles. The SMILES string of the molecule is Cc1cc(CNC(C)CS(C)=O)c(C)n1-c1ccccc1. The van der Waals surface area contributed by atoms with Crippen LogP contribution in [0.25, 0.3) is 5.69 Å². The third kappa shape index (κ3) is 4.05. The number of hydrogen-bond donors (Lipinski definition) is 1. The van der Waals surface area contributed by atoms with Crippen molar-refractivity contribution in [2.75, 3.05) is 12.0 Å². The van der Waals surface area contributed by atoms with Crippen LogP contribution in [0.2, 0.25) is 0 Å². The first kappa shape index (κ1) is 16.0. The molecule has 1 N–H and O–H groups in total. The summed E-state index contributed by atoms with van der Waals surface area (Å²) in [5, 5.41) is 3.46. The predicted molar refractivity (Wildman–Crippen MR) is 90.5 cm³/mol. The highest BCUT2D eigenvalue weighted by Gasteiger charge is 2.11. The van der Waals surface area contributed by atoms with Gasteiger partial charge in [0, 0.05) is 52.5 Å². The second kappa shape index (κ2) is 7.05. The topological polar surface area (TPSA) is 34.0 Å². The molecule has 1 aromatic heterocycles. The van der Waals surface area contributed by atoms with Crippen molar-refractivity contribution in [3.63, 3.8) is 0 Å². The number of nitrogens with zero attached hydrogens (tertiary/aromatic N) is 1. The summed E-state index contributed by atoms with van der Waals surface area (Å²) in [6, 6.07) is 12.9. The molecule has 2 unspecified atom stereocenters. The monoisotopic (exact) mass is 304 g/mol. The summed E-state index contributed by atoms with van der Waals surface area (Å²) in [6.07, 6.45) is 1.75. The van der Waals surface area contributed by atoms with E-state index in [-0.39, 0.29) is 6.04 Å². The van der Waals surface area contributed by atoms with Gasteiger partial charge >= 0.3 is 0 Å². The Hall–Kier alpha value is -1.39. The Morgan fingerprint density at radius 2 is 1.90 bits per heavy atom. The first-order valence-electron chi connectivity index (χ1n) is 7.25. The minimum Gasteiger partial charge on any atom is -0.318 e. The van der Waals surface area contributed by atoms with Crippen LogP contribution >= 0.6 is 0 Å². The largest absolute Gasteiger partial charge is 0.318 e. The quantitative estimate of drug-likeness (QED) is 0.890. The summed E-state index contributed by atoms with van der Waals surface area (Å²) in [4.78, 5) is 0. The van der Waals surface area contributed by atoms with Crippen LogP contribution < -0.4 is 5.32 Å². The Balaban J connectivity index is 2.14. The molecule has 0 fully saturated rings. The highest BCUT2D eigenvalue weighted by atomic mass is 32.2. The van der Waals surface area contributed by atoms with E-state index in [0.29, 0.717) is 5.75 Å². The fraction of sp³-hybridized carbons (Fsp3) is 0.412. The highest BCUT2D eigenvalue weighted by molar-refractivity contribution is 7.84. The van der Waals surface area contributed by atoms with Crippen molar-refractivity contribution in [1.82, 2.24) is 9.88 Å². The van der Waals surface area contributed by atoms with Gasteiger partial charge in [0.1, 0.15) is 0 Å². The molecule has 0 aliphatic carbocycles. The lowest BCUT2D eigenvalue weighted by Crippen LogP contribution is -2.30. The summed E-state index contributed by atoms with van der Waals surface area (Å²) in [6.45, 7) is 7.18. The van der Waals surface area contributed by atoms with Gasteiger partial charge in [0.25, 0.3) is 0 Å². The summed E-state index contributed by atoms with van der Waals surface area (Å²) in [7, 11) is -0.755. The van der Waals surface area contributed by atoms with Gasteiger partial charge in [-0.05, 0) is 44.5 Å². The maximum Gasteiger partial charge on any atom is 0.0455 e. The lowest BCUT2D eigenvalue weighted by atomic mass is 10.2. The van der Waals surface area contributed by atoms with Crippen molar-refractivity contribution in [2.24, 2.45) is 0 Å². The molecule has 1 aromatic carbocycles. The summed E-state index contributed by atoms with van der Waals surface area (Å²) < 4.78 is 13.5. The van der Waals surface area contributed by atoms with Gasteiger partial charge in [0.2, 0.25) is 0 Å². The zero-order valence-electron chi connectivity index (χ0n) is 13.2. The van der Waals surface area contributed by atoms with E-state index in [2.05, 4.69) is 61.0 Å². The van der Waals surface area contributed by atoms with E-state index >= 15 is 0 Å². The summed E-state index contributed by atoms with van der Waals surface area (Å²) in [5.41, 5.74) is 4.99. The van der Waals surface area contributed by atoms with Crippen molar-refractivity contribution < 1.29 is 4.21 Å². The third-order valence-electron chi connectivity index (χ3n) is 3.68. The number of para-hydroxylation sites is 1. The molecule has 1 heterocycles. The molecule has 4 heteroatoms. The van der Waals surface area contributed by atoms with Gasteiger partial charge in [-0.15, -0.1) is 0 Å². The molecular weight excluding hydrogens is 280 g/mol. The van der Waals surface area contributed by atoms with Crippen LogP contribution in [0.1, 0.15) is 23.9 Å². The average molecular weight is 304 g/mol. The van der Waals surface area contributed by atoms with Crippen molar-refractivity contribution in [3.8, 4) is 5.69 Å². The van der Waals surface area contributed by atoms with Crippen LogP contribution in [0, 0.1) is 13.8 Å². The molecule has 114 valence electrons. The molecule has 0 radical (unpaired) electrons. The number of nitrogens with one attached hydrogen (secondary N) is 1. The second-order valence-corrected chi connectivity index (χ2v) is 7.07. The first-order chi connectivity index (χ1) is 9.99. The molecule has 0 aliphatic heterocycles. The third-order valence-corrected chi connectivity index (χ3v) is 4.65. The molecule has 3 nitrogen and oxygen atoms in total. The van der Waals surface area contributed by atoms with Crippen LogP contribution in [0.4, 0.5) is 0 Å². The minimum absolute atomic E-state index is 0.260. The molecule has 0 spiro atoms. The van der Waals surface area contributed by atoms with Gasteiger partial charge < -0.3 is 9.88 Å². The Morgan fingerprint density at radius 3 is 2.52 bits per heavy atom. The maximum atomic E-state index is 11.2. The Labute approximate surface area is 129 Å². The zero-order valence-corrected chi connectivity index (χ0v) is 14.0. The summed E-state index contributed by atoms with van der Waals surface area (Å²) >= 11 is 0. The number of rotatable bonds is 6. The van der Waals surface area contributed by atoms with Crippen LogP contribution in [0.3, 0.4) is 0 Å². The molecule has 21 heavy (non-hydrogen) atoms. The zero-order chi connectivity index (χ0) is 15.4. The van der Waals surface area contributed by atoms with Gasteiger partial charge in [0.15, 0.2) is 0 Å². The lowest BCUT2D eigenvalue weighted by molar-refractivity contribution is 0.586. The van der Waals surface area contributed by atoms with E-state index in [4.69, 9.17) is 0 Å². The van der Waals surface area contributed by atoms with Gasteiger partial charge in [-0.2, -0.15) is 0 Å². The second-order valence-electron chi connectivity index (χ2n) is 5.59. The smallest absolute Gasteiger partial charge is 0.0455 e. The van der Waals surface area contributed by atoms with Crippen molar-refractivity contribution >= 4 is 10.8 Å². The van der Waals surface area contributed by atoms with Crippen molar-refractivity contribution in [1.29, 1.82) is 0 Å². The molecule has 2 atom stereocenters. The molecular formula is C17H24N2OS. The van der Waals surface area contributed by atoms with E-state index in [0.717, 1.165) is 6.54 Å². The average Bonchev–Trinajstić information content (AvgIpc) is 2.71.